The quantitative estimate of drug-likeness (QED) is 0.696. The molecule has 1 fully saturated rings. The number of nitrogens with one attached hydrogen (secondary N) is 1. The number of fused-ring (bicyclic) bond motifs is 1. The van der Waals surface area contributed by atoms with Crippen LogP contribution >= 0.6 is 0 Å². The Kier molecular flexibility index (Phi) is 5.28. The van der Waals surface area contributed by atoms with Crippen molar-refractivity contribution in [2.75, 3.05) is 58.2 Å². The second-order valence-corrected chi connectivity index (χ2v) is 6.53. The van der Waals surface area contributed by atoms with Gasteiger partial charge in [0.05, 0.1) is 12.1 Å². The molecule has 132 valence electrons. The number of rotatable bonds is 6. The molecule has 1 aliphatic heterocycles. The topological polar surface area (TPSA) is 77.8 Å². The van der Waals surface area contributed by atoms with Gasteiger partial charge in [-0.15, -0.1) is 0 Å². The van der Waals surface area contributed by atoms with E-state index in [4.69, 9.17) is 15.6 Å². The van der Waals surface area contributed by atoms with Gasteiger partial charge in [-0.25, -0.2) is 0 Å². The molecule has 24 heavy (non-hydrogen) atoms. The van der Waals surface area contributed by atoms with Gasteiger partial charge in [-0.05, 0) is 31.5 Å². The van der Waals surface area contributed by atoms with Crippen molar-refractivity contribution in [2.45, 2.75) is 13.8 Å². The van der Waals surface area contributed by atoms with Crippen LogP contribution in [0.1, 0.15) is 11.3 Å². The number of β-amino-alcohol motifs (C(OH)–C–C–N with tert-alkyl or cyclic N) is 1. The number of benzene rings is 1. The van der Waals surface area contributed by atoms with E-state index < -0.39 is 0 Å². The van der Waals surface area contributed by atoms with Crippen LogP contribution in [0.4, 0.5) is 5.69 Å². The number of piperazine rings is 1. The molecule has 0 spiro atoms. The SMILES string of the molecule is Cc1[nH]c2c(OCCN3CCN(CCO)CC3)ccc(N)c2c1C. The molecule has 0 aliphatic carbocycles. The highest BCUT2D eigenvalue weighted by atomic mass is 16.5. The normalized spacial score (nSPS) is 16.8. The van der Waals surface area contributed by atoms with Gasteiger partial charge >= 0.3 is 0 Å². The second-order valence-electron chi connectivity index (χ2n) is 6.53. The number of anilines is 1. The second kappa shape index (κ2) is 7.42. The van der Waals surface area contributed by atoms with Gasteiger partial charge in [0.1, 0.15) is 12.4 Å². The zero-order valence-electron chi connectivity index (χ0n) is 14.6. The van der Waals surface area contributed by atoms with Gasteiger partial charge in [0.25, 0.3) is 0 Å². The van der Waals surface area contributed by atoms with Crippen molar-refractivity contribution in [3.05, 3.63) is 23.4 Å². The average Bonchev–Trinajstić information content (AvgIpc) is 2.88. The Labute approximate surface area is 143 Å². The van der Waals surface area contributed by atoms with E-state index in [1.54, 1.807) is 0 Å². The Morgan fingerprint density at radius 2 is 1.79 bits per heavy atom. The van der Waals surface area contributed by atoms with Crippen molar-refractivity contribution >= 4 is 16.6 Å². The van der Waals surface area contributed by atoms with E-state index in [1.807, 2.05) is 12.1 Å². The Morgan fingerprint density at radius 3 is 2.46 bits per heavy atom. The van der Waals surface area contributed by atoms with Crippen molar-refractivity contribution in [1.82, 2.24) is 14.8 Å². The lowest BCUT2D eigenvalue weighted by molar-refractivity contribution is 0.102. The van der Waals surface area contributed by atoms with Crippen molar-refractivity contribution in [3.63, 3.8) is 0 Å². The summed E-state index contributed by atoms with van der Waals surface area (Å²) in [4.78, 5) is 8.10. The van der Waals surface area contributed by atoms with Crippen LogP contribution in [-0.2, 0) is 0 Å². The standard InChI is InChI=1S/C18H28N4O2/c1-13-14(2)20-18-16(4-3-15(19)17(13)18)24-12-10-22-7-5-21(6-8-22)9-11-23/h3-4,20,23H,5-12,19H2,1-2H3. The zero-order chi connectivity index (χ0) is 17.1. The number of hydrogen-bond donors (Lipinski definition) is 3. The third-order valence-electron chi connectivity index (χ3n) is 5.00. The van der Waals surface area contributed by atoms with Gasteiger partial charge in [-0.1, -0.05) is 0 Å². The van der Waals surface area contributed by atoms with Crippen LogP contribution in [0.2, 0.25) is 0 Å². The maximum absolute atomic E-state index is 8.99. The Balaban J connectivity index is 1.57. The Morgan fingerprint density at radius 1 is 1.12 bits per heavy atom. The van der Waals surface area contributed by atoms with Gasteiger partial charge in [0.15, 0.2) is 0 Å². The first kappa shape index (κ1) is 17.1. The maximum atomic E-state index is 8.99. The van der Waals surface area contributed by atoms with Crippen LogP contribution in [0, 0.1) is 13.8 Å². The maximum Gasteiger partial charge on any atom is 0.143 e. The average molecular weight is 332 g/mol. The van der Waals surface area contributed by atoms with Crippen molar-refractivity contribution in [2.24, 2.45) is 0 Å². The molecule has 3 rings (SSSR count). The number of aryl methyl sites for hydroxylation is 2. The monoisotopic (exact) mass is 332 g/mol. The first-order valence-corrected chi connectivity index (χ1v) is 8.66. The highest BCUT2D eigenvalue weighted by Crippen LogP contribution is 2.33. The van der Waals surface area contributed by atoms with Crippen LogP contribution in [0.25, 0.3) is 10.9 Å². The fraction of sp³-hybridized carbons (Fsp3) is 0.556. The molecule has 0 atom stereocenters. The lowest BCUT2D eigenvalue weighted by atomic mass is 10.1. The molecule has 0 saturated carbocycles. The van der Waals surface area contributed by atoms with E-state index >= 15 is 0 Å². The molecule has 1 aromatic heterocycles. The van der Waals surface area contributed by atoms with E-state index in [9.17, 15) is 0 Å². The van der Waals surface area contributed by atoms with Crippen molar-refractivity contribution in [3.8, 4) is 5.75 Å². The Bertz CT molecular complexity index is 690. The predicted molar refractivity (Wildman–Crippen MR) is 97.6 cm³/mol. The molecule has 0 radical (unpaired) electrons. The molecule has 0 unspecified atom stereocenters. The summed E-state index contributed by atoms with van der Waals surface area (Å²) in [6.45, 7) is 10.8. The van der Waals surface area contributed by atoms with Gasteiger partial charge in [-0.2, -0.15) is 0 Å². The van der Waals surface area contributed by atoms with Gasteiger partial charge in [0.2, 0.25) is 0 Å². The number of H-pyrrole nitrogens is 1. The van der Waals surface area contributed by atoms with Gasteiger partial charge in [-0.3, -0.25) is 9.80 Å². The molecule has 0 amide bonds. The molecule has 1 aliphatic rings. The van der Waals surface area contributed by atoms with Crippen LogP contribution in [0.3, 0.4) is 0 Å². The summed E-state index contributed by atoms with van der Waals surface area (Å²) >= 11 is 0. The molecule has 6 nitrogen and oxygen atoms in total. The number of nitrogen functional groups attached to an aromatic ring is 1. The summed E-state index contributed by atoms with van der Waals surface area (Å²) in [5.74, 6) is 0.870. The number of aromatic amines is 1. The molecule has 2 aromatic rings. The molecule has 1 saturated heterocycles. The summed E-state index contributed by atoms with van der Waals surface area (Å²) in [5, 5.41) is 10.1. The smallest absolute Gasteiger partial charge is 0.143 e. The number of nitrogens with zero attached hydrogens (tertiary/aromatic N) is 2. The van der Waals surface area contributed by atoms with E-state index in [2.05, 4.69) is 28.6 Å². The summed E-state index contributed by atoms with van der Waals surface area (Å²) in [5.41, 5.74) is 10.2. The molecular weight excluding hydrogens is 304 g/mol. The minimum absolute atomic E-state index is 0.241. The number of ether oxygens (including phenoxy) is 1. The zero-order valence-corrected chi connectivity index (χ0v) is 14.6. The molecule has 0 bridgehead atoms. The fourth-order valence-electron chi connectivity index (χ4n) is 3.38. The van der Waals surface area contributed by atoms with Gasteiger partial charge in [0, 0.05) is 56.0 Å². The minimum Gasteiger partial charge on any atom is -0.490 e. The summed E-state index contributed by atoms with van der Waals surface area (Å²) < 4.78 is 6.04. The lowest BCUT2D eigenvalue weighted by Gasteiger charge is -2.34. The molecular formula is C18H28N4O2. The van der Waals surface area contributed by atoms with Crippen LogP contribution < -0.4 is 10.5 Å². The predicted octanol–water partition coefficient (Wildman–Crippen LogP) is 1.36. The van der Waals surface area contributed by atoms with E-state index in [0.717, 1.165) is 67.3 Å². The lowest BCUT2D eigenvalue weighted by Crippen LogP contribution is -2.48. The van der Waals surface area contributed by atoms with Crippen molar-refractivity contribution in [1.29, 1.82) is 0 Å². The molecule has 2 heterocycles. The highest BCUT2D eigenvalue weighted by Gasteiger charge is 2.17. The number of aromatic nitrogens is 1. The summed E-state index contributed by atoms with van der Waals surface area (Å²) in [6, 6.07) is 3.87. The first-order chi connectivity index (χ1) is 11.6. The first-order valence-electron chi connectivity index (χ1n) is 8.66. The largest absolute Gasteiger partial charge is 0.490 e. The summed E-state index contributed by atoms with van der Waals surface area (Å²) in [7, 11) is 0. The van der Waals surface area contributed by atoms with E-state index in [0.29, 0.717) is 6.61 Å². The number of nitrogens with two attached hydrogens (primary N) is 1. The number of aliphatic hydroxyl groups is 1. The third-order valence-corrected chi connectivity index (χ3v) is 5.00. The van der Waals surface area contributed by atoms with Crippen LogP contribution in [0.5, 0.6) is 5.75 Å². The highest BCUT2D eigenvalue weighted by molar-refractivity contribution is 5.98. The number of aliphatic hydroxyl groups excluding tert-OH is 1. The van der Waals surface area contributed by atoms with Gasteiger partial charge < -0.3 is 20.6 Å². The van der Waals surface area contributed by atoms with Crippen LogP contribution in [-0.4, -0.2) is 72.4 Å². The number of hydrogen-bond acceptors (Lipinski definition) is 5. The molecule has 1 aromatic carbocycles. The molecule has 6 heteroatoms. The van der Waals surface area contributed by atoms with Crippen molar-refractivity contribution < 1.29 is 9.84 Å². The van der Waals surface area contributed by atoms with Crippen LogP contribution in [0.15, 0.2) is 12.1 Å². The minimum atomic E-state index is 0.241. The Hall–Kier alpha value is -1.76. The third kappa shape index (κ3) is 3.50. The molecule has 4 N–H and O–H groups in total. The van der Waals surface area contributed by atoms with E-state index in [-0.39, 0.29) is 6.61 Å². The summed E-state index contributed by atoms with van der Waals surface area (Å²) in [6.07, 6.45) is 0. The fourth-order valence-corrected chi connectivity index (χ4v) is 3.38. The van der Waals surface area contributed by atoms with E-state index in [1.165, 1.54) is 5.56 Å².